The summed E-state index contributed by atoms with van der Waals surface area (Å²) in [7, 11) is 7.36. The van der Waals surface area contributed by atoms with Crippen LogP contribution in [0.3, 0.4) is 0 Å². The number of halogens is 2. The number of carbonyl (C=O) groups excluding carboxylic acids is 1. The lowest BCUT2D eigenvalue weighted by molar-refractivity contribution is -0.497. The number of hydrogen-bond donors (Lipinski definition) is 2. The van der Waals surface area contributed by atoms with Crippen molar-refractivity contribution in [3.8, 4) is 11.4 Å². The lowest BCUT2D eigenvalue weighted by Crippen LogP contribution is -2.32. The Labute approximate surface area is 327 Å². The number of fused-ring (bicyclic) bond motifs is 6. The average Bonchev–Trinajstić information content (AvgIpc) is 3.99. The largest absolute Gasteiger partial charge is 0.478 e. The predicted octanol–water partition coefficient (Wildman–Crippen LogP) is 7.41. The molecular formula is C40H37Cl2N6O6S+. The number of imidazole rings is 1. The van der Waals surface area contributed by atoms with Crippen LogP contribution in [0.1, 0.15) is 46.4 Å². The fourth-order valence-electron chi connectivity index (χ4n) is 6.88. The molecule has 5 aromatic heterocycles. The molecule has 282 valence electrons. The van der Waals surface area contributed by atoms with Crippen molar-refractivity contribution in [1.82, 2.24) is 19.3 Å². The maximum Gasteiger partial charge on any atom is 0.370 e. The number of para-hydroxylation sites is 2. The minimum absolute atomic E-state index is 0.242. The third-order valence-corrected chi connectivity index (χ3v) is 9.28. The third-order valence-electron chi connectivity index (χ3n) is 9.28. The van der Waals surface area contributed by atoms with Gasteiger partial charge in [0.15, 0.2) is 0 Å². The molecule has 2 aliphatic heterocycles. The Bertz CT molecular complexity index is 2500. The summed E-state index contributed by atoms with van der Waals surface area (Å²) in [6.45, 7) is 4.00. The van der Waals surface area contributed by atoms with Gasteiger partial charge in [-0.05, 0) is 74.2 Å². The van der Waals surface area contributed by atoms with Crippen LogP contribution in [0.15, 0.2) is 109 Å². The van der Waals surface area contributed by atoms with E-state index in [0.717, 1.165) is 60.5 Å². The fraction of sp³-hybridized carbons (Fsp3) is 0.200. The second-order valence-electron chi connectivity index (χ2n) is 12.7. The van der Waals surface area contributed by atoms with Crippen molar-refractivity contribution in [1.29, 1.82) is 0 Å². The standard InChI is InChI=1S/C20H17N3O2.C15H10N2O2.C5H9NO.Cl2OS/c24-19(25)15-13-18-17-9-3-4-12-22(17)20(21-10-5-6-11-21)23(18)16-8-2-1-7-14(15)16;18-15(19)11-9-14(13-7-3-4-8-16-13)17-12-6-2-1-5-10(11)12;7-5-6-3-1-2-4-6;1-4(2)3/h1-4,7-9,12-13H,5-6,10-11H2;1-9H,(H,18,19);5H,1-4H2;/p+1. The normalized spacial score (nSPS) is 13.6. The molecule has 0 radical (unpaired) electrons. The van der Waals surface area contributed by atoms with Crippen LogP contribution in [0.4, 0.5) is 5.95 Å². The van der Waals surface area contributed by atoms with Gasteiger partial charge < -0.3 is 15.1 Å². The average molecular weight is 801 g/mol. The summed E-state index contributed by atoms with van der Waals surface area (Å²) in [4.78, 5) is 46.0. The van der Waals surface area contributed by atoms with Crippen molar-refractivity contribution < 1.29 is 33.2 Å². The molecule has 2 aliphatic rings. The summed E-state index contributed by atoms with van der Waals surface area (Å²) in [6.07, 6.45) is 9.41. The monoisotopic (exact) mass is 799 g/mol. The van der Waals surface area contributed by atoms with E-state index in [1.54, 1.807) is 41.4 Å². The highest BCUT2D eigenvalue weighted by molar-refractivity contribution is 8.26. The number of nitrogens with zero attached hydrogens (tertiary/aromatic N) is 6. The van der Waals surface area contributed by atoms with Crippen LogP contribution in [0.5, 0.6) is 0 Å². The predicted molar refractivity (Wildman–Crippen MR) is 215 cm³/mol. The van der Waals surface area contributed by atoms with Crippen LogP contribution >= 0.6 is 21.4 Å². The van der Waals surface area contributed by atoms with E-state index in [4.69, 9.17) is 4.21 Å². The van der Waals surface area contributed by atoms with Crippen LogP contribution in [-0.2, 0) is 14.0 Å². The van der Waals surface area contributed by atoms with Crippen molar-refractivity contribution >= 4 is 87.7 Å². The van der Waals surface area contributed by atoms with E-state index in [2.05, 4.69) is 57.3 Å². The molecule has 0 atom stereocenters. The van der Waals surface area contributed by atoms with Gasteiger partial charge in [0.05, 0.1) is 47.3 Å². The molecule has 7 aromatic rings. The topological polar surface area (TPSA) is 150 Å². The zero-order chi connectivity index (χ0) is 38.9. The summed E-state index contributed by atoms with van der Waals surface area (Å²) in [5.74, 6) is -0.747. The van der Waals surface area contributed by atoms with E-state index in [1.165, 1.54) is 25.7 Å². The molecule has 0 unspecified atom stereocenters. The maximum absolute atomic E-state index is 11.8. The number of carboxylic acids is 2. The van der Waals surface area contributed by atoms with E-state index >= 15 is 0 Å². The number of hydrogen-bond acceptors (Lipinski definition) is 7. The van der Waals surface area contributed by atoms with Crippen LogP contribution in [-0.4, -0.2) is 78.2 Å². The Hall–Kier alpha value is -5.63. The SMILES string of the molecule is O=C(O)c1cc(-c2ccccn2)nc2ccccc12.O=C(O)c1cc2c3cccc[n+]3c(N3CCCC3)n2c2ccccc12.O=CN1CCCC1.O=S(Cl)Cl. The molecular weight excluding hydrogens is 763 g/mol. The molecule has 0 saturated carbocycles. The van der Waals surface area contributed by atoms with Gasteiger partial charge in [-0.25, -0.2) is 23.2 Å². The van der Waals surface area contributed by atoms with Crippen LogP contribution in [0, 0.1) is 0 Å². The van der Waals surface area contributed by atoms with E-state index in [-0.39, 0.29) is 5.56 Å². The molecule has 0 aliphatic carbocycles. The Morgan fingerprint density at radius 3 is 1.96 bits per heavy atom. The second kappa shape index (κ2) is 18.1. The number of anilines is 1. The molecule has 12 nitrogen and oxygen atoms in total. The number of aromatic carboxylic acids is 2. The highest BCUT2D eigenvalue weighted by atomic mass is 36.0. The smallest absolute Gasteiger partial charge is 0.370 e. The van der Waals surface area contributed by atoms with Gasteiger partial charge in [-0.1, -0.05) is 48.5 Å². The molecule has 15 heteroatoms. The fourth-order valence-corrected chi connectivity index (χ4v) is 6.88. The molecule has 2 aromatic carbocycles. The lowest BCUT2D eigenvalue weighted by Gasteiger charge is -2.11. The number of carboxylic acid groups (broad SMARTS) is 2. The maximum atomic E-state index is 11.8. The van der Waals surface area contributed by atoms with Crippen molar-refractivity contribution in [2.24, 2.45) is 0 Å². The summed E-state index contributed by atoms with van der Waals surface area (Å²) in [6, 6.07) is 29.9. The molecule has 0 bridgehead atoms. The zero-order valence-corrected chi connectivity index (χ0v) is 31.8. The van der Waals surface area contributed by atoms with E-state index in [9.17, 15) is 24.6 Å². The number of likely N-dealkylation sites (tertiary alicyclic amines) is 1. The van der Waals surface area contributed by atoms with E-state index in [0.29, 0.717) is 27.9 Å². The lowest BCUT2D eigenvalue weighted by atomic mass is 10.1. The molecule has 2 N–H and O–H groups in total. The summed E-state index contributed by atoms with van der Waals surface area (Å²) in [5.41, 5.74) is 5.36. The minimum atomic E-state index is -1.67. The first-order valence-electron chi connectivity index (χ1n) is 17.5. The molecule has 9 rings (SSSR count). The molecule has 1 amide bonds. The number of benzene rings is 2. The highest BCUT2D eigenvalue weighted by Crippen LogP contribution is 2.30. The summed E-state index contributed by atoms with van der Waals surface area (Å²) < 4.78 is 13.5. The van der Waals surface area contributed by atoms with Gasteiger partial charge >= 0.3 is 17.9 Å². The van der Waals surface area contributed by atoms with Gasteiger partial charge in [-0.15, -0.1) is 0 Å². The molecule has 0 spiro atoms. The van der Waals surface area contributed by atoms with Crippen molar-refractivity contribution in [2.45, 2.75) is 25.7 Å². The Kier molecular flexibility index (Phi) is 12.9. The van der Waals surface area contributed by atoms with Gasteiger partial charge in [0.25, 0.3) is 0 Å². The van der Waals surface area contributed by atoms with E-state index < -0.39 is 21.2 Å². The first-order valence-corrected chi connectivity index (χ1v) is 20.3. The summed E-state index contributed by atoms with van der Waals surface area (Å²) >= 11 is 0. The minimum Gasteiger partial charge on any atom is -0.478 e. The van der Waals surface area contributed by atoms with Crippen LogP contribution in [0.2, 0.25) is 0 Å². The Morgan fingerprint density at radius 2 is 1.33 bits per heavy atom. The Morgan fingerprint density at radius 1 is 0.727 bits per heavy atom. The van der Waals surface area contributed by atoms with Crippen LogP contribution in [0.25, 0.3) is 44.2 Å². The first-order chi connectivity index (χ1) is 26.7. The number of pyridine rings is 4. The highest BCUT2D eigenvalue weighted by Gasteiger charge is 2.30. The zero-order valence-electron chi connectivity index (χ0n) is 29.5. The molecule has 2 fully saturated rings. The third kappa shape index (κ3) is 9.02. The summed E-state index contributed by atoms with van der Waals surface area (Å²) in [5, 5.41) is 20.4. The van der Waals surface area contributed by atoms with E-state index in [1.807, 2.05) is 60.7 Å². The van der Waals surface area contributed by atoms with Crippen molar-refractivity contribution in [3.05, 3.63) is 121 Å². The molecule has 7 heterocycles. The number of rotatable bonds is 5. The van der Waals surface area contributed by atoms with Crippen molar-refractivity contribution in [3.63, 3.8) is 0 Å². The Balaban J connectivity index is 0.000000150. The number of aromatic nitrogens is 4. The van der Waals surface area contributed by atoms with Gasteiger partial charge in [0, 0.05) is 51.4 Å². The molecule has 2 saturated heterocycles. The second-order valence-corrected chi connectivity index (χ2v) is 15.2. The van der Waals surface area contributed by atoms with Crippen LogP contribution < -0.4 is 9.30 Å². The number of carbonyl (C=O) groups is 3. The van der Waals surface area contributed by atoms with Crippen molar-refractivity contribution in [2.75, 3.05) is 31.1 Å². The van der Waals surface area contributed by atoms with Gasteiger partial charge in [-0.2, -0.15) is 4.40 Å². The van der Waals surface area contributed by atoms with Gasteiger partial charge in [-0.3, -0.25) is 14.7 Å². The van der Waals surface area contributed by atoms with Gasteiger partial charge in [0.1, 0.15) is 16.6 Å². The molecule has 55 heavy (non-hydrogen) atoms. The first kappa shape index (κ1) is 39.1. The quantitative estimate of drug-likeness (QED) is 0.103. The van der Waals surface area contributed by atoms with Gasteiger partial charge in [0.2, 0.25) is 15.6 Å². The number of amides is 1.